The van der Waals surface area contributed by atoms with Gasteiger partial charge in [-0.1, -0.05) is 42.5 Å². The summed E-state index contributed by atoms with van der Waals surface area (Å²) in [5.41, 5.74) is 1.06. The molecule has 0 amide bonds. The lowest BCUT2D eigenvalue weighted by molar-refractivity contribution is -0.140. The lowest BCUT2D eigenvalue weighted by Crippen LogP contribution is -2.12. The molecule has 0 saturated heterocycles. The third-order valence-corrected chi connectivity index (χ3v) is 5.66. The molecule has 4 aromatic rings. The SMILES string of the molecule is COC(=O)C[C@H](c1ccc(OC(C)C)cc1)c1c(O)cc(O)c2c(=O)cc(-c3ccccc3)oc12. The highest BCUT2D eigenvalue weighted by atomic mass is 16.5. The second-order valence-electron chi connectivity index (χ2n) is 8.44. The Balaban J connectivity index is 1.96. The first kappa shape index (κ1) is 23.9. The van der Waals surface area contributed by atoms with Crippen molar-refractivity contribution in [1.82, 2.24) is 0 Å². The first-order valence-electron chi connectivity index (χ1n) is 11.2. The minimum atomic E-state index is -0.729. The summed E-state index contributed by atoms with van der Waals surface area (Å²) in [4.78, 5) is 25.4. The molecule has 4 rings (SSSR count). The van der Waals surface area contributed by atoms with Crippen LogP contribution in [0.3, 0.4) is 0 Å². The molecular formula is C28H26O7. The van der Waals surface area contributed by atoms with E-state index >= 15 is 0 Å². The molecule has 0 fully saturated rings. The van der Waals surface area contributed by atoms with Crippen LogP contribution in [0.25, 0.3) is 22.3 Å². The van der Waals surface area contributed by atoms with Crippen molar-refractivity contribution in [3.63, 3.8) is 0 Å². The molecule has 7 heteroatoms. The molecular weight excluding hydrogens is 448 g/mol. The molecule has 1 atom stereocenters. The number of phenols is 2. The van der Waals surface area contributed by atoms with Gasteiger partial charge in [-0.2, -0.15) is 0 Å². The fraction of sp³-hybridized carbons (Fsp3) is 0.214. The van der Waals surface area contributed by atoms with Crippen LogP contribution in [0.2, 0.25) is 0 Å². The maximum absolute atomic E-state index is 13.0. The van der Waals surface area contributed by atoms with E-state index in [4.69, 9.17) is 13.9 Å². The van der Waals surface area contributed by atoms with Crippen LogP contribution in [0.1, 0.15) is 37.3 Å². The first-order valence-corrected chi connectivity index (χ1v) is 11.2. The van der Waals surface area contributed by atoms with Crippen LogP contribution in [-0.4, -0.2) is 29.4 Å². The molecule has 35 heavy (non-hydrogen) atoms. The summed E-state index contributed by atoms with van der Waals surface area (Å²) in [5, 5.41) is 21.3. The summed E-state index contributed by atoms with van der Waals surface area (Å²) in [7, 11) is 1.28. The average Bonchev–Trinajstić information content (AvgIpc) is 2.83. The van der Waals surface area contributed by atoms with Gasteiger partial charge < -0.3 is 24.1 Å². The van der Waals surface area contributed by atoms with Gasteiger partial charge >= 0.3 is 5.97 Å². The number of hydrogen-bond donors (Lipinski definition) is 2. The molecule has 180 valence electrons. The summed E-state index contributed by atoms with van der Waals surface area (Å²) < 4.78 is 16.7. The van der Waals surface area contributed by atoms with Crippen LogP contribution in [0.15, 0.2) is 75.9 Å². The van der Waals surface area contributed by atoms with Crippen molar-refractivity contribution in [2.24, 2.45) is 0 Å². The van der Waals surface area contributed by atoms with Crippen LogP contribution in [0.5, 0.6) is 17.2 Å². The zero-order valence-electron chi connectivity index (χ0n) is 19.6. The Morgan fingerprint density at radius 1 is 0.971 bits per heavy atom. The topological polar surface area (TPSA) is 106 Å². The van der Waals surface area contributed by atoms with E-state index in [1.807, 2.05) is 19.9 Å². The van der Waals surface area contributed by atoms with Gasteiger partial charge in [0.2, 0.25) is 0 Å². The molecule has 0 saturated carbocycles. The molecule has 0 unspecified atom stereocenters. The van der Waals surface area contributed by atoms with Crippen LogP contribution in [-0.2, 0) is 9.53 Å². The summed E-state index contributed by atoms with van der Waals surface area (Å²) in [6.07, 6.45) is -0.143. The predicted molar refractivity (Wildman–Crippen MR) is 132 cm³/mol. The van der Waals surface area contributed by atoms with Gasteiger partial charge in [-0.25, -0.2) is 0 Å². The highest BCUT2D eigenvalue weighted by molar-refractivity contribution is 5.90. The Labute approximate surface area is 202 Å². The number of benzene rings is 3. The van der Waals surface area contributed by atoms with Crippen LogP contribution in [0.4, 0.5) is 0 Å². The van der Waals surface area contributed by atoms with Gasteiger partial charge in [0.15, 0.2) is 5.43 Å². The number of fused-ring (bicyclic) bond motifs is 1. The largest absolute Gasteiger partial charge is 0.507 e. The van der Waals surface area contributed by atoms with E-state index in [0.29, 0.717) is 16.9 Å². The second-order valence-corrected chi connectivity index (χ2v) is 8.44. The molecule has 0 aliphatic rings. The number of hydrogen-bond acceptors (Lipinski definition) is 7. The maximum Gasteiger partial charge on any atom is 0.306 e. The molecule has 1 aromatic heterocycles. The van der Waals surface area contributed by atoms with Gasteiger partial charge in [-0.3, -0.25) is 9.59 Å². The highest BCUT2D eigenvalue weighted by Gasteiger charge is 2.28. The number of rotatable bonds is 7. The van der Waals surface area contributed by atoms with Crippen molar-refractivity contribution in [1.29, 1.82) is 0 Å². The quantitative estimate of drug-likeness (QED) is 0.348. The van der Waals surface area contributed by atoms with Gasteiger partial charge in [-0.15, -0.1) is 0 Å². The van der Waals surface area contributed by atoms with E-state index in [-0.39, 0.29) is 40.6 Å². The molecule has 0 bridgehead atoms. The lowest BCUT2D eigenvalue weighted by atomic mass is 9.86. The number of phenolic OH excluding ortho intramolecular Hbond substituents is 2. The van der Waals surface area contributed by atoms with Crippen LogP contribution < -0.4 is 10.2 Å². The molecule has 0 spiro atoms. The average molecular weight is 475 g/mol. The second kappa shape index (κ2) is 9.93. The number of carbonyl (C=O) groups excluding carboxylic acids is 1. The van der Waals surface area contributed by atoms with Crippen molar-refractivity contribution >= 4 is 16.9 Å². The standard InChI is InChI=1S/C28H26O7/c1-16(2)34-19-11-9-17(10-12-19)20(13-25(32)33-3)26-21(29)14-22(30)27-23(31)15-24(35-28(26)27)18-7-5-4-6-8-18/h4-12,14-16,20,29-30H,13H2,1-3H3/t20-/m1/s1. The number of ether oxygens (including phenoxy) is 2. The van der Waals surface area contributed by atoms with Gasteiger partial charge in [0.25, 0.3) is 0 Å². The van der Waals surface area contributed by atoms with Crippen molar-refractivity contribution < 1.29 is 28.9 Å². The molecule has 1 heterocycles. The lowest BCUT2D eigenvalue weighted by Gasteiger charge is -2.21. The molecule has 0 radical (unpaired) electrons. The number of esters is 1. The van der Waals surface area contributed by atoms with E-state index in [1.54, 1.807) is 48.5 Å². The zero-order chi connectivity index (χ0) is 25.1. The van der Waals surface area contributed by atoms with Crippen LogP contribution >= 0.6 is 0 Å². The Bertz CT molecular complexity index is 1400. The third kappa shape index (κ3) is 4.99. The van der Waals surface area contributed by atoms with Crippen molar-refractivity contribution in [3.05, 3.63) is 88.1 Å². The van der Waals surface area contributed by atoms with E-state index in [1.165, 1.54) is 13.2 Å². The Kier molecular flexibility index (Phi) is 6.78. The molecule has 2 N–H and O–H groups in total. The fourth-order valence-electron chi connectivity index (χ4n) is 4.09. The minimum Gasteiger partial charge on any atom is -0.507 e. The van der Waals surface area contributed by atoms with Crippen molar-refractivity contribution in [2.45, 2.75) is 32.3 Å². The van der Waals surface area contributed by atoms with E-state index in [9.17, 15) is 19.8 Å². The summed E-state index contributed by atoms with van der Waals surface area (Å²) in [6.45, 7) is 3.84. The Hall–Kier alpha value is -4.26. The van der Waals surface area contributed by atoms with E-state index in [0.717, 1.165) is 6.07 Å². The summed E-state index contributed by atoms with van der Waals surface area (Å²) in [6, 6.07) is 18.5. The van der Waals surface area contributed by atoms with E-state index in [2.05, 4.69) is 0 Å². The normalized spacial score (nSPS) is 12.0. The van der Waals surface area contributed by atoms with Crippen LogP contribution in [0, 0.1) is 0 Å². The summed E-state index contributed by atoms with van der Waals surface area (Å²) >= 11 is 0. The first-order chi connectivity index (χ1) is 16.8. The van der Waals surface area contributed by atoms with Gasteiger partial charge in [0.05, 0.1) is 19.6 Å². The van der Waals surface area contributed by atoms with Gasteiger partial charge in [0, 0.05) is 29.2 Å². The number of methoxy groups -OCH3 is 1. The monoisotopic (exact) mass is 474 g/mol. The summed E-state index contributed by atoms with van der Waals surface area (Å²) in [5.74, 6) is -1.04. The Morgan fingerprint density at radius 2 is 1.66 bits per heavy atom. The number of aromatic hydroxyl groups is 2. The minimum absolute atomic E-state index is 0.00487. The molecule has 3 aromatic carbocycles. The van der Waals surface area contributed by atoms with Gasteiger partial charge in [-0.05, 0) is 31.5 Å². The fourth-order valence-corrected chi connectivity index (χ4v) is 4.09. The number of carbonyl (C=O) groups is 1. The highest BCUT2D eigenvalue weighted by Crippen LogP contribution is 2.43. The van der Waals surface area contributed by atoms with Gasteiger partial charge in [0.1, 0.15) is 34.0 Å². The zero-order valence-corrected chi connectivity index (χ0v) is 19.6. The molecule has 7 nitrogen and oxygen atoms in total. The molecule has 0 aliphatic heterocycles. The predicted octanol–water partition coefficient (Wildman–Crippen LogP) is 5.35. The van der Waals surface area contributed by atoms with Crippen molar-refractivity contribution in [2.75, 3.05) is 7.11 Å². The third-order valence-electron chi connectivity index (χ3n) is 5.66. The van der Waals surface area contributed by atoms with Crippen molar-refractivity contribution in [3.8, 4) is 28.6 Å². The Morgan fingerprint density at radius 3 is 2.29 bits per heavy atom. The molecule has 0 aliphatic carbocycles. The maximum atomic E-state index is 13.0. The van der Waals surface area contributed by atoms with E-state index < -0.39 is 23.1 Å². The smallest absolute Gasteiger partial charge is 0.306 e.